The van der Waals surface area contributed by atoms with Crippen LogP contribution in [0.25, 0.3) is 0 Å². The van der Waals surface area contributed by atoms with Crippen LogP contribution in [0.3, 0.4) is 0 Å². The Morgan fingerprint density at radius 1 is 1.17 bits per heavy atom. The molecular formula is C26H32ClIN2O5Si. The Hall–Kier alpha value is -1.82. The molecule has 194 valence electrons. The third kappa shape index (κ3) is 4.75. The Kier molecular flexibility index (Phi) is 8.23. The van der Waals surface area contributed by atoms with Crippen LogP contribution in [0.4, 0.5) is 10.5 Å². The highest BCUT2D eigenvalue weighted by Gasteiger charge is 2.64. The first-order valence-corrected chi connectivity index (χ1v) is 16.3. The normalized spacial score (nSPS) is 22.6. The number of nitrogens with one attached hydrogen (secondary N) is 1. The highest BCUT2D eigenvalue weighted by Crippen LogP contribution is 2.55. The average molecular weight is 643 g/mol. The fourth-order valence-corrected chi connectivity index (χ4v) is 9.02. The molecule has 1 saturated heterocycles. The van der Waals surface area contributed by atoms with Crippen molar-refractivity contribution in [1.29, 1.82) is 0 Å². The summed E-state index contributed by atoms with van der Waals surface area (Å²) in [6, 6.07) is 15.3. The minimum absolute atomic E-state index is 0.0961. The van der Waals surface area contributed by atoms with Crippen molar-refractivity contribution < 1.29 is 23.5 Å². The van der Waals surface area contributed by atoms with Crippen LogP contribution in [-0.2, 0) is 30.9 Å². The zero-order chi connectivity index (χ0) is 26.1. The van der Waals surface area contributed by atoms with Crippen LogP contribution < -0.4 is 5.32 Å². The Balaban J connectivity index is 1.79. The summed E-state index contributed by atoms with van der Waals surface area (Å²) in [6.45, 7) is 6.59. The number of esters is 1. The van der Waals surface area contributed by atoms with Gasteiger partial charge in [-0.1, -0.05) is 62.7 Å². The van der Waals surface area contributed by atoms with Crippen molar-refractivity contribution in [3.05, 3.63) is 62.2 Å². The average Bonchev–Trinajstić information content (AvgIpc) is 3.36. The number of anilines is 1. The molecule has 2 aliphatic rings. The monoisotopic (exact) mass is 642 g/mol. The van der Waals surface area contributed by atoms with Gasteiger partial charge in [-0.25, -0.2) is 9.59 Å². The van der Waals surface area contributed by atoms with Crippen LogP contribution >= 0.6 is 34.2 Å². The van der Waals surface area contributed by atoms with Crippen LogP contribution in [0.2, 0.25) is 23.2 Å². The summed E-state index contributed by atoms with van der Waals surface area (Å²) in [7, 11) is -0.855. The van der Waals surface area contributed by atoms with Gasteiger partial charge in [0.1, 0.15) is 24.4 Å². The van der Waals surface area contributed by atoms with Gasteiger partial charge >= 0.3 is 12.1 Å². The lowest BCUT2D eigenvalue weighted by atomic mass is 9.91. The Bertz CT molecular complexity index is 1120. The van der Waals surface area contributed by atoms with E-state index in [9.17, 15) is 9.59 Å². The lowest BCUT2D eigenvalue weighted by molar-refractivity contribution is -0.145. The number of methoxy groups -OCH3 is 1. The maximum absolute atomic E-state index is 13.6. The number of benzene rings is 2. The molecule has 0 aliphatic carbocycles. The van der Waals surface area contributed by atoms with Gasteiger partial charge in [-0.2, -0.15) is 0 Å². The minimum atomic E-state index is -2.19. The molecule has 2 aromatic rings. The summed E-state index contributed by atoms with van der Waals surface area (Å²) in [5.74, 6) is -0.493. The predicted octanol–water partition coefficient (Wildman–Crippen LogP) is 6.50. The van der Waals surface area contributed by atoms with Crippen molar-refractivity contribution in [3.8, 4) is 0 Å². The molecule has 2 aromatic carbocycles. The van der Waals surface area contributed by atoms with Gasteiger partial charge in [0, 0.05) is 21.2 Å². The molecule has 7 nitrogen and oxygen atoms in total. The Morgan fingerprint density at radius 3 is 2.44 bits per heavy atom. The number of nitrogens with zero attached hydrogens (tertiary/aromatic N) is 1. The molecule has 0 bridgehead atoms. The standard InChI is InChI=1S/C26H32ClIN2O5Si/c1-5-36(6-2,7-3)35-26-15-22(23(31)33-4)30(25(32)34-16-17-11-9-8-10-12-17)24(26)29-21-14-19(27)20(28)13-18(21)26/h8-14,22,24,29H,5-7,15-16H2,1-4H3/t22-,24-,26+/m0/s1. The second kappa shape index (κ2) is 10.9. The molecule has 0 radical (unpaired) electrons. The molecule has 4 rings (SSSR count). The van der Waals surface area contributed by atoms with Crippen molar-refractivity contribution in [2.75, 3.05) is 12.4 Å². The summed E-state index contributed by atoms with van der Waals surface area (Å²) >= 11 is 8.68. The van der Waals surface area contributed by atoms with Crippen LogP contribution in [-0.4, -0.2) is 44.6 Å². The van der Waals surface area contributed by atoms with Crippen molar-refractivity contribution in [3.63, 3.8) is 0 Å². The lowest BCUT2D eigenvalue weighted by Gasteiger charge is -2.41. The first-order valence-electron chi connectivity index (χ1n) is 12.3. The molecule has 1 N–H and O–H groups in total. The fraction of sp³-hybridized carbons (Fsp3) is 0.462. The van der Waals surface area contributed by atoms with E-state index >= 15 is 0 Å². The quantitative estimate of drug-likeness (QED) is 0.201. The maximum atomic E-state index is 13.6. The van der Waals surface area contributed by atoms with E-state index in [4.69, 9.17) is 25.5 Å². The summed E-state index contributed by atoms with van der Waals surface area (Å²) in [5.41, 5.74) is 1.67. The number of ether oxygens (including phenoxy) is 2. The number of hydrogen-bond acceptors (Lipinski definition) is 6. The molecule has 0 saturated carbocycles. The van der Waals surface area contributed by atoms with Gasteiger partial charge in [0.05, 0.1) is 12.1 Å². The Labute approximate surface area is 232 Å². The van der Waals surface area contributed by atoms with Crippen LogP contribution in [0.15, 0.2) is 42.5 Å². The van der Waals surface area contributed by atoms with Gasteiger partial charge in [0.25, 0.3) is 0 Å². The predicted molar refractivity (Wildman–Crippen MR) is 150 cm³/mol. The summed E-state index contributed by atoms with van der Waals surface area (Å²) in [6.07, 6.45) is -0.953. The summed E-state index contributed by atoms with van der Waals surface area (Å²) < 4.78 is 19.0. The van der Waals surface area contributed by atoms with Crippen LogP contribution in [0.5, 0.6) is 0 Å². The number of fused-ring (bicyclic) bond motifs is 3. The van der Waals surface area contributed by atoms with E-state index in [1.165, 1.54) is 12.0 Å². The second-order valence-corrected chi connectivity index (χ2v) is 15.5. The van der Waals surface area contributed by atoms with Crippen molar-refractivity contribution in [1.82, 2.24) is 4.90 Å². The van der Waals surface area contributed by atoms with Crippen molar-refractivity contribution >= 4 is 60.3 Å². The van der Waals surface area contributed by atoms with Gasteiger partial charge in [-0.15, -0.1) is 0 Å². The van der Waals surface area contributed by atoms with E-state index in [-0.39, 0.29) is 13.0 Å². The molecule has 0 aromatic heterocycles. The highest BCUT2D eigenvalue weighted by molar-refractivity contribution is 14.1. The number of rotatable bonds is 8. The van der Waals surface area contributed by atoms with E-state index in [2.05, 4.69) is 48.7 Å². The molecule has 2 heterocycles. The number of likely N-dealkylation sites (tertiary alicyclic amines) is 1. The SMILES string of the molecule is CC[Si](CC)(CC)O[C@@]12C[C@@H](C(=O)OC)N(C(=O)OCc3ccccc3)[C@@H]1Nc1cc(Cl)c(I)cc12. The highest BCUT2D eigenvalue weighted by atomic mass is 127. The number of hydrogen-bond donors (Lipinski definition) is 1. The molecule has 1 fully saturated rings. The molecule has 0 spiro atoms. The van der Waals surface area contributed by atoms with Crippen LogP contribution in [0.1, 0.15) is 38.3 Å². The fourth-order valence-electron chi connectivity index (χ4n) is 5.37. The number of carbonyl (C=O) groups is 2. The smallest absolute Gasteiger partial charge is 0.412 e. The van der Waals surface area contributed by atoms with E-state index in [0.29, 0.717) is 5.02 Å². The zero-order valence-electron chi connectivity index (χ0n) is 21.0. The van der Waals surface area contributed by atoms with Crippen molar-refractivity contribution in [2.45, 2.75) is 69.7 Å². The van der Waals surface area contributed by atoms with E-state index in [1.54, 1.807) is 0 Å². The molecule has 10 heteroatoms. The van der Waals surface area contributed by atoms with Gasteiger partial charge in [0.15, 0.2) is 8.32 Å². The first kappa shape index (κ1) is 27.2. The molecular weight excluding hydrogens is 611 g/mol. The van der Waals surface area contributed by atoms with Gasteiger partial charge in [-0.3, -0.25) is 4.90 Å². The molecule has 1 amide bonds. The van der Waals surface area contributed by atoms with E-state index in [0.717, 1.165) is 38.5 Å². The number of amides is 1. The van der Waals surface area contributed by atoms with E-state index in [1.807, 2.05) is 42.5 Å². The maximum Gasteiger partial charge on any atom is 0.412 e. The molecule has 0 unspecified atom stereocenters. The van der Waals surface area contributed by atoms with Gasteiger partial charge in [0.2, 0.25) is 0 Å². The second-order valence-electron chi connectivity index (χ2n) is 9.28. The van der Waals surface area contributed by atoms with Crippen molar-refractivity contribution in [2.24, 2.45) is 0 Å². The third-order valence-electron chi connectivity index (χ3n) is 7.58. The molecule has 36 heavy (non-hydrogen) atoms. The number of halogens is 2. The summed E-state index contributed by atoms with van der Waals surface area (Å²) in [4.78, 5) is 28.1. The lowest BCUT2D eigenvalue weighted by Crippen LogP contribution is -2.54. The molecule has 3 atom stereocenters. The van der Waals surface area contributed by atoms with Gasteiger partial charge in [-0.05, 0) is 58.4 Å². The first-order chi connectivity index (χ1) is 17.2. The minimum Gasteiger partial charge on any atom is -0.467 e. The number of carbonyl (C=O) groups excluding carboxylic acids is 2. The van der Waals surface area contributed by atoms with Crippen LogP contribution in [0, 0.1) is 3.57 Å². The van der Waals surface area contributed by atoms with E-state index < -0.39 is 38.2 Å². The topological polar surface area (TPSA) is 77.1 Å². The molecule has 2 aliphatic heterocycles. The van der Waals surface area contributed by atoms with Gasteiger partial charge < -0.3 is 19.2 Å². The Morgan fingerprint density at radius 2 is 1.83 bits per heavy atom. The zero-order valence-corrected chi connectivity index (χ0v) is 24.9. The largest absolute Gasteiger partial charge is 0.467 e. The third-order valence-corrected chi connectivity index (χ3v) is 13.8. The summed E-state index contributed by atoms with van der Waals surface area (Å²) in [5, 5.41) is 4.08.